The van der Waals surface area contributed by atoms with E-state index in [1.807, 2.05) is 24.3 Å². The zero-order chi connectivity index (χ0) is 22.7. The molecule has 0 radical (unpaired) electrons. The summed E-state index contributed by atoms with van der Waals surface area (Å²) in [7, 11) is 2.15. The summed E-state index contributed by atoms with van der Waals surface area (Å²) in [6.07, 6.45) is 3.44. The molecule has 0 aromatic heterocycles. The number of hydrogen-bond acceptors (Lipinski definition) is 3. The van der Waals surface area contributed by atoms with Crippen molar-refractivity contribution in [1.82, 2.24) is 9.80 Å². The van der Waals surface area contributed by atoms with Gasteiger partial charge in [0.25, 0.3) is 0 Å². The summed E-state index contributed by atoms with van der Waals surface area (Å²) in [5.41, 5.74) is 2.20. The summed E-state index contributed by atoms with van der Waals surface area (Å²) in [6, 6.07) is 15.0. The SMILES string of the molecule is CC(C)COc1ccc(CN2C(=O)CC3(CCN(C)CC3)C2Cc2ccc(F)cc2)cc1. The fourth-order valence-corrected chi connectivity index (χ4v) is 5.12. The van der Waals surface area contributed by atoms with Gasteiger partial charge in [0.1, 0.15) is 11.6 Å². The van der Waals surface area contributed by atoms with Gasteiger partial charge in [-0.05, 0) is 80.7 Å². The van der Waals surface area contributed by atoms with E-state index in [0.29, 0.717) is 25.5 Å². The van der Waals surface area contributed by atoms with Crippen LogP contribution in [0.15, 0.2) is 48.5 Å². The molecular formula is C27H35FN2O2. The summed E-state index contributed by atoms with van der Waals surface area (Å²) in [5.74, 6) is 1.36. The minimum absolute atomic E-state index is 0.00169. The molecule has 2 aliphatic heterocycles. The smallest absolute Gasteiger partial charge is 0.223 e. The molecule has 2 saturated heterocycles. The van der Waals surface area contributed by atoms with Crippen LogP contribution in [-0.4, -0.2) is 48.5 Å². The lowest BCUT2D eigenvalue weighted by Crippen LogP contribution is -2.47. The Kier molecular flexibility index (Phi) is 6.85. The van der Waals surface area contributed by atoms with Crippen LogP contribution in [0.4, 0.5) is 4.39 Å². The number of nitrogens with zero attached hydrogens (tertiary/aromatic N) is 2. The molecule has 2 aromatic carbocycles. The molecule has 0 N–H and O–H groups in total. The van der Waals surface area contributed by atoms with E-state index < -0.39 is 0 Å². The van der Waals surface area contributed by atoms with Crippen molar-refractivity contribution in [3.63, 3.8) is 0 Å². The standard InChI is InChI=1S/C27H35FN2O2/c1-20(2)19-32-24-10-6-22(7-11-24)18-30-25(16-21-4-8-23(28)9-5-21)27(17-26(30)31)12-14-29(3)15-13-27/h4-11,20,25H,12-19H2,1-3H3. The van der Waals surface area contributed by atoms with Crippen LogP contribution in [-0.2, 0) is 17.8 Å². The lowest BCUT2D eigenvalue weighted by atomic mass is 9.70. The van der Waals surface area contributed by atoms with Crippen LogP contribution in [0, 0.1) is 17.2 Å². The van der Waals surface area contributed by atoms with Gasteiger partial charge in [-0.3, -0.25) is 4.79 Å². The molecule has 1 spiro atoms. The quantitative estimate of drug-likeness (QED) is 0.615. The number of likely N-dealkylation sites (tertiary alicyclic amines) is 2. The topological polar surface area (TPSA) is 32.8 Å². The van der Waals surface area contributed by atoms with Crippen LogP contribution in [0.25, 0.3) is 0 Å². The zero-order valence-corrected chi connectivity index (χ0v) is 19.5. The van der Waals surface area contributed by atoms with E-state index in [0.717, 1.165) is 49.2 Å². The van der Waals surface area contributed by atoms with E-state index in [1.165, 1.54) is 12.1 Å². The van der Waals surface area contributed by atoms with E-state index in [9.17, 15) is 9.18 Å². The number of hydrogen-bond donors (Lipinski definition) is 0. The maximum atomic E-state index is 13.5. The van der Waals surface area contributed by atoms with Gasteiger partial charge < -0.3 is 14.5 Å². The van der Waals surface area contributed by atoms with Crippen molar-refractivity contribution in [2.75, 3.05) is 26.7 Å². The van der Waals surface area contributed by atoms with Gasteiger partial charge in [0.2, 0.25) is 5.91 Å². The first-order valence-corrected chi connectivity index (χ1v) is 11.8. The number of ether oxygens (including phenoxy) is 1. The molecule has 2 aliphatic rings. The highest BCUT2D eigenvalue weighted by molar-refractivity contribution is 5.80. The minimum Gasteiger partial charge on any atom is -0.493 e. The second kappa shape index (κ2) is 9.62. The number of rotatable bonds is 7. The molecule has 2 fully saturated rings. The molecule has 172 valence electrons. The molecule has 0 aliphatic carbocycles. The van der Waals surface area contributed by atoms with E-state index in [2.05, 4.69) is 42.8 Å². The van der Waals surface area contributed by atoms with Crippen molar-refractivity contribution in [3.05, 3.63) is 65.5 Å². The number of carbonyl (C=O) groups excluding carboxylic acids is 1. The molecule has 2 heterocycles. The maximum absolute atomic E-state index is 13.5. The summed E-state index contributed by atoms with van der Waals surface area (Å²) in [6.45, 7) is 7.60. The molecule has 2 aromatic rings. The largest absolute Gasteiger partial charge is 0.493 e. The molecule has 4 rings (SSSR count). The molecule has 1 amide bonds. The third-order valence-electron chi connectivity index (χ3n) is 7.09. The van der Waals surface area contributed by atoms with E-state index in [-0.39, 0.29) is 23.2 Å². The molecule has 4 nitrogen and oxygen atoms in total. The molecule has 0 bridgehead atoms. The van der Waals surface area contributed by atoms with Crippen molar-refractivity contribution in [2.24, 2.45) is 11.3 Å². The minimum atomic E-state index is -0.220. The van der Waals surface area contributed by atoms with Gasteiger partial charge in [0.05, 0.1) is 6.61 Å². The molecule has 5 heteroatoms. The van der Waals surface area contributed by atoms with Crippen molar-refractivity contribution < 1.29 is 13.9 Å². The predicted molar refractivity (Wildman–Crippen MR) is 125 cm³/mol. The van der Waals surface area contributed by atoms with Gasteiger partial charge in [-0.1, -0.05) is 38.1 Å². The van der Waals surface area contributed by atoms with Crippen LogP contribution >= 0.6 is 0 Å². The summed E-state index contributed by atoms with van der Waals surface area (Å²) >= 11 is 0. The molecule has 0 saturated carbocycles. The summed E-state index contributed by atoms with van der Waals surface area (Å²) < 4.78 is 19.3. The number of amides is 1. The normalized spacial score (nSPS) is 21.0. The maximum Gasteiger partial charge on any atom is 0.223 e. The van der Waals surface area contributed by atoms with E-state index in [4.69, 9.17) is 4.74 Å². The molecule has 1 atom stereocenters. The fourth-order valence-electron chi connectivity index (χ4n) is 5.12. The molecule has 32 heavy (non-hydrogen) atoms. The van der Waals surface area contributed by atoms with E-state index >= 15 is 0 Å². The number of benzene rings is 2. The average molecular weight is 439 g/mol. The Morgan fingerprint density at radius 2 is 1.66 bits per heavy atom. The van der Waals surface area contributed by atoms with Gasteiger partial charge in [0.15, 0.2) is 0 Å². The Labute approximate surface area is 191 Å². The van der Waals surface area contributed by atoms with Crippen LogP contribution in [0.3, 0.4) is 0 Å². The van der Waals surface area contributed by atoms with E-state index in [1.54, 1.807) is 0 Å². The van der Waals surface area contributed by atoms with Gasteiger partial charge in [-0.15, -0.1) is 0 Å². The number of halogens is 1. The summed E-state index contributed by atoms with van der Waals surface area (Å²) in [5, 5.41) is 0. The van der Waals surface area contributed by atoms with Crippen molar-refractivity contribution in [1.29, 1.82) is 0 Å². The number of piperidine rings is 1. The fraction of sp³-hybridized carbons (Fsp3) is 0.519. The Balaban J connectivity index is 1.54. The summed E-state index contributed by atoms with van der Waals surface area (Å²) in [4.78, 5) is 17.7. The number of carbonyl (C=O) groups is 1. The van der Waals surface area contributed by atoms with Gasteiger partial charge in [-0.2, -0.15) is 0 Å². The van der Waals surface area contributed by atoms with Crippen LogP contribution in [0.5, 0.6) is 5.75 Å². The van der Waals surface area contributed by atoms with Crippen molar-refractivity contribution >= 4 is 5.91 Å². The first kappa shape index (κ1) is 22.8. The average Bonchev–Trinajstić information content (AvgIpc) is 3.02. The predicted octanol–water partition coefficient (Wildman–Crippen LogP) is 4.92. The van der Waals surface area contributed by atoms with Crippen molar-refractivity contribution in [3.8, 4) is 5.75 Å². The second-order valence-electron chi connectivity index (χ2n) is 10.1. The van der Waals surface area contributed by atoms with Gasteiger partial charge in [0, 0.05) is 24.4 Å². The lowest BCUT2D eigenvalue weighted by molar-refractivity contribution is -0.129. The Bertz CT molecular complexity index is 902. The zero-order valence-electron chi connectivity index (χ0n) is 19.5. The first-order valence-electron chi connectivity index (χ1n) is 11.8. The molecule has 1 unspecified atom stereocenters. The highest BCUT2D eigenvalue weighted by atomic mass is 19.1. The van der Waals surface area contributed by atoms with Gasteiger partial charge >= 0.3 is 0 Å². The highest BCUT2D eigenvalue weighted by Gasteiger charge is 2.51. The van der Waals surface area contributed by atoms with Crippen LogP contribution in [0.1, 0.15) is 44.2 Å². The Morgan fingerprint density at radius 1 is 1.03 bits per heavy atom. The van der Waals surface area contributed by atoms with Crippen LogP contribution in [0.2, 0.25) is 0 Å². The first-order chi connectivity index (χ1) is 15.3. The Hall–Kier alpha value is -2.40. The van der Waals surface area contributed by atoms with Crippen LogP contribution < -0.4 is 4.74 Å². The monoisotopic (exact) mass is 438 g/mol. The van der Waals surface area contributed by atoms with Gasteiger partial charge in [-0.25, -0.2) is 4.39 Å². The second-order valence-corrected chi connectivity index (χ2v) is 10.1. The lowest BCUT2D eigenvalue weighted by Gasteiger charge is -2.43. The highest BCUT2D eigenvalue weighted by Crippen LogP contribution is 2.47. The third kappa shape index (κ3) is 5.15. The van der Waals surface area contributed by atoms with Crippen molar-refractivity contribution in [2.45, 2.75) is 52.1 Å². The molecular weight excluding hydrogens is 403 g/mol. The Morgan fingerprint density at radius 3 is 2.28 bits per heavy atom. The third-order valence-corrected chi connectivity index (χ3v) is 7.09.